The van der Waals surface area contributed by atoms with Crippen molar-refractivity contribution in [3.8, 4) is 0 Å². The summed E-state index contributed by atoms with van der Waals surface area (Å²) in [6, 6.07) is 4.09. The molecular formula is C27H33N7O2. The SMILES string of the molecule is CC(=O)c1c(C)c2cnc(Nc3ccc(N4CCC5(CC4)CNC5)cn3)nc2n(C2CCCC2)c1=O. The molecule has 3 fully saturated rings. The molecule has 2 aliphatic heterocycles. The summed E-state index contributed by atoms with van der Waals surface area (Å²) in [6.45, 7) is 7.68. The van der Waals surface area contributed by atoms with Crippen molar-refractivity contribution in [1.29, 1.82) is 0 Å². The lowest BCUT2D eigenvalue weighted by molar-refractivity contribution is 0.101. The number of anilines is 3. The second kappa shape index (κ2) is 8.96. The lowest BCUT2D eigenvalue weighted by atomic mass is 9.73. The summed E-state index contributed by atoms with van der Waals surface area (Å²) in [6.07, 6.45) is 10.0. The van der Waals surface area contributed by atoms with Crippen molar-refractivity contribution < 1.29 is 4.79 Å². The number of fused-ring (bicyclic) bond motifs is 1. The van der Waals surface area contributed by atoms with Crippen LogP contribution in [0.3, 0.4) is 0 Å². The lowest BCUT2D eigenvalue weighted by Crippen LogP contribution is -2.58. The molecule has 188 valence electrons. The Kier molecular flexibility index (Phi) is 5.75. The number of pyridine rings is 2. The van der Waals surface area contributed by atoms with E-state index in [1.165, 1.54) is 19.8 Å². The van der Waals surface area contributed by atoms with Crippen LogP contribution < -0.4 is 21.1 Å². The van der Waals surface area contributed by atoms with Gasteiger partial charge in [0.25, 0.3) is 5.56 Å². The molecule has 3 aromatic heterocycles. The second-order valence-electron chi connectivity index (χ2n) is 10.7. The van der Waals surface area contributed by atoms with Gasteiger partial charge >= 0.3 is 0 Å². The summed E-state index contributed by atoms with van der Waals surface area (Å²) in [5.74, 6) is 0.828. The van der Waals surface area contributed by atoms with E-state index in [-0.39, 0.29) is 22.9 Å². The third-order valence-corrected chi connectivity index (χ3v) is 8.43. The van der Waals surface area contributed by atoms with E-state index in [1.54, 1.807) is 17.7 Å². The van der Waals surface area contributed by atoms with E-state index in [1.807, 2.05) is 12.3 Å². The molecule has 3 aliphatic rings. The molecule has 6 rings (SSSR count). The Hall–Kier alpha value is -3.33. The number of nitrogens with one attached hydrogen (secondary N) is 2. The number of carbonyl (C=O) groups is 1. The van der Waals surface area contributed by atoms with Crippen LogP contribution in [0, 0.1) is 12.3 Å². The normalized spacial score (nSPS) is 19.6. The topological polar surface area (TPSA) is 105 Å². The molecule has 36 heavy (non-hydrogen) atoms. The van der Waals surface area contributed by atoms with Crippen LogP contribution in [-0.4, -0.2) is 51.5 Å². The van der Waals surface area contributed by atoms with Crippen molar-refractivity contribution in [2.45, 2.75) is 58.4 Å². The van der Waals surface area contributed by atoms with Gasteiger partial charge in [0.15, 0.2) is 5.78 Å². The number of rotatable bonds is 5. The summed E-state index contributed by atoms with van der Waals surface area (Å²) >= 11 is 0. The minimum Gasteiger partial charge on any atom is -0.370 e. The van der Waals surface area contributed by atoms with Gasteiger partial charge in [0.1, 0.15) is 11.5 Å². The van der Waals surface area contributed by atoms with Gasteiger partial charge in [0.2, 0.25) is 5.95 Å². The highest BCUT2D eigenvalue weighted by Gasteiger charge is 2.39. The standard InChI is InChI=1S/C27H33N7O2/c1-17-21-14-30-26(32-24(21)34(19-5-3-4-6-19)25(36)23(17)18(2)35)31-22-8-7-20(13-29-22)33-11-9-27(10-12-33)15-28-16-27/h7-8,13-14,19,28H,3-6,9-12,15-16H2,1-2H3,(H,29,30,31,32). The van der Waals surface area contributed by atoms with Gasteiger partial charge in [0.05, 0.1) is 17.4 Å². The molecule has 0 atom stereocenters. The smallest absolute Gasteiger partial charge is 0.263 e. The first-order valence-electron chi connectivity index (χ1n) is 13.1. The number of aromatic nitrogens is 4. The summed E-state index contributed by atoms with van der Waals surface area (Å²) in [5, 5.41) is 7.37. The highest BCUT2D eigenvalue weighted by molar-refractivity contribution is 5.99. The van der Waals surface area contributed by atoms with Crippen LogP contribution in [0.2, 0.25) is 0 Å². The van der Waals surface area contributed by atoms with E-state index in [4.69, 9.17) is 4.98 Å². The number of carbonyl (C=O) groups excluding carboxylic acids is 1. The highest BCUT2D eigenvalue weighted by Crippen LogP contribution is 2.36. The van der Waals surface area contributed by atoms with Crippen molar-refractivity contribution in [1.82, 2.24) is 24.8 Å². The lowest BCUT2D eigenvalue weighted by Gasteiger charge is -2.48. The molecule has 0 aromatic carbocycles. The van der Waals surface area contributed by atoms with Crippen LogP contribution in [0.15, 0.2) is 29.3 Å². The van der Waals surface area contributed by atoms with Crippen LogP contribution in [-0.2, 0) is 0 Å². The average molecular weight is 488 g/mol. The van der Waals surface area contributed by atoms with E-state index >= 15 is 0 Å². The first kappa shape index (κ1) is 23.1. The van der Waals surface area contributed by atoms with Crippen molar-refractivity contribution in [2.75, 3.05) is 36.4 Å². The van der Waals surface area contributed by atoms with Gasteiger partial charge in [-0.05, 0) is 62.6 Å². The Labute approximate surface area is 210 Å². The number of nitrogens with zero attached hydrogens (tertiary/aromatic N) is 5. The fourth-order valence-corrected chi connectivity index (χ4v) is 6.14. The fourth-order valence-electron chi connectivity index (χ4n) is 6.14. The first-order valence-corrected chi connectivity index (χ1v) is 13.1. The molecule has 1 aliphatic carbocycles. The Morgan fingerprint density at radius 1 is 1.11 bits per heavy atom. The average Bonchev–Trinajstić information content (AvgIpc) is 3.38. The zero-order valence-corrected chi connectivity index (χ0v) is 21.0. The number of piperidine rings is 1. The van der Waals surface area contributed by atoms with Gasteiger partial charge in [-0.25, -0.2) is 9.97 Å². The maximum absolute atomic E-state index is 13.4. The molecule has 1 saturated carbocycles. The molecule has 0 amide bonds. The number of Topliss-reactive ketones (excluding diaryl/α,β-unsaturated/α-hetero) is 1. The number of hydrogen-bond donors (Lipinski definition) is 2. The molecular weight excluding hydrogens is 454 g/mol. The molecule has 0 bridgehead atoms. The summed E-state index contributed by atoms with van der Waals surface area (Å²) in [7, 11) is 0. The maximum atomic E-state index is 13.4. The summed E-state index contributed by atoms with van der Waals surface area (Å²) in [5.41, 5.74) is 2.87. The predicted molar refractivity (Wildman–Crippen MR) is 140 cm³/mol. The molecule has 0 radical (unpaired) electrons. The van der Waals surface area contributed by atoms with Gasteiger partial charge in [-0.1, -0.05) is 12.8 Å². The molecule has 5 heterocycles. The Bertz CT molecular complexity index is 1360. The van der Waals surface area contributed by atoms with Gasteiger partial charge in [-0.3, -0.25) is 14.2 Å². The minimum atomic E-state index is -0.243. The van der Waals surface area contributed by atoms with Crippen LogP contribution in [0.25, 0.3) is 11.0 Å². The van der Waals surface area contributed by atoms with Crippen molar-refractivity contribution in [3.63, 3.8) is 0 Å². The van der Waals surface area contributed by atoms with E-state index in [9.17, 15) is 9.59 Å². The monoisotopic (exact) mass is 487 g/mol. The largest absolute Gasteiger partial charge is 0.370 e. The number of aryl methyl sites for hydroxylation is 1. The highest BCUT2D eigenvalue weighted by atomic mass is 16.1. The number of ketones is 1. The first-order chi connectivity index (χ1) is 17.4. The zero-order valence-electron chi connectivity index (χ0n) is 21.0. The van der Waals surface area contributed by atoms with E-state index in [2.05, 4.69) is 31.6 Å². The summed E-state index contributed by atoms with van der Waals surface area (Å²) < 4.78 is 1.73. The third kappa shape index (κ3) is 3.95. The molecule has 2 N–H and O–H groups in total. The molecule has 1 spiro atoms. The second-order valence-corrected chi connectivity index (χ2v) is 10.7. The van der Waals surface area contributed by atoms with Crippen molar-refractivity contribution in [3.05, 3.63) is 46.0 Å². The molecule has 9 nitrogen and oxygen atoms in total. The van der Waals surface area contributed by atoms with Crippen LogP contribution in [0.4, 0.5) is 17.5 Å². The maximum Gasteiger partial charge on any atom is 0.263 e. The van der Waals surface area contributed by atoms with Gasteiger partial charge in [-0.2, -0.15) is 4.98 Å². The molecule has 3 aromatic rings. The van der Waals surface area contributed by atoms with Crippen LogP contribution >= 0.6 is 0 Å². The van der Waals surface area contributed by atoms with Gasteiger partial charge in [0, 0.05) is 43.8 Å². The van der Waals surface area contributed by atoms with E-state index in [0.29, 0.717) is 28.4 Å². The quantitative estimate of drug-likeness (QED) is 0.525. The van der Waals surface area contributed by atoms with E-state index < -0.39 is 0 Å². The molecule has 9 heteroatoms. The summed E-state index contributed by atoms with van der Waals surface area (Å²) in [4.78, 5) is 42.0. The van der Waals surface area contributed by atoms with Gasteiger partial charge < -0.3 is 15.5 Å². The fraction of sp³-hybridized carbons (Fsp3) is 0.519. The third-order valence-electron chi connectivity index (χ3n) is 8.43. The van der Waals surface area contributed by atoms with Crippen molar-refractivity contribution in [2.24, 2.45) is 5.41 Å². The predicted octanol–water partition coefficient (Wildman–Crippen LogP) is 3.75. The van der Waals surface area contributed by atoms with E-state index in [0.717, 1.165) is 62.9 Å². The zero-order chi connectivity index (χ0) is 24.9. The van der Waals surface area contributed by atoms with Gasteiger partial charge in [-0.15, -0.1) is 0 Å². The van der Waals surface area contributed by atoms with Crippen LogP contribution in [0.5, 0.6) is 0 Å². The molecule has 2 saturated heterocycles. The Morgan fingerprint density at radius 2 is 1.86 bits per heavy atom. The van der Waals surface area contributed by atoms with Crippen LogP contribution in [0.1, 0.15) is 67.4 Å². The minimum absolute atomic E-state index is 0.0539. The Balaban J connectivity index is 1.27. The van der Waals surface area contributed by atoms with Crippen molar-refractivity contribution >= 4 is 34.3 Å². The Morgan fingerprint density at radius 3 is 2.47 bits per heavy atom. The number of hydrogen-bond acceptors (Lipinski definition) is 8. The molecule has 0 unspecified atom stereocenters.